The lowest BCUT2D eigenvalue weighted by atomic mass is 9.99. The van der Waals surface area contributed by atoms with Gasteiger partial charge in [0.05, 0.1) is 5.69 Å². The third-order valence-electron chi connectivity index (χ3n) is 5.39. The number of nitrogens with one attached hydrogen (secondary N) is 1. The number of amides is 3. The van der Waals surface area contributed by atoms with Gasteiger partial charge in [-0.15, -0.1) is 0 Å². The molecule has 154 valence electrons. The molecular weight excluding hydrogens is 402 g/mol. The summed E-state index contributed by atoms with van der Waals surface area (Å²) in [5.41, 5.74) is 1.64. The molecule has 0 bridgehead atoms. The number of nitrogens with zero attached hydrogens (tertiary/aromatic N) is 2. The fourth-order valence-electron chi connectivity index (χ4n) is 3.82. The summed E-state index contributed by atoms with van der Waals surface area (Å²) in [5, 5.41) is 2.77. The summed E-state index contributed by atoms with van der Waals surface area (Å²) in [6.07, 6.45) is 2.17. The van der Waals surface area contributed by atoms with E-state index in [9.17, 15) is 14.4 Å². The third kappa shape index (κ3) is 3.83. The second-order valence-electron chi connectivity index (χ2n) is 7.67. The van der Waals surface area contributed by atoms with Crippen LogP contribution in [0.2, 0.25) is 0 Å². The van der Waals surface area contributed by atoms with E-state index in [1.165, 1.54) is 0 Å². The van der Waals surface area contributed by atoms with Gasteiger partial charge < -0.3 is 10.2 Å². The number of carbonyl (C=O) groups excluding carboxylic acids is 3. The fourth-order valence-corrected chi connectivity index (χ4v) is 4.03. The molecule has 1 N–H and O–H groups in total. The Morgan fingerprint density at radius 1 is 1.03 bits per heavy atom. The highest BCUT2D eigenvalue weighted by Crippen LogP contribution is 2.30. The zero-order valence-corrected chi connectivity index (χ0v) is 17.4. The number of hydrogen-bond donors (Lipinski definition) is 1. The summed E-state index contributed by atoms with van der Waals surface area (Å²) >= 11 is 6.16. The standard InChI is InChI=1S/C23H22ClN3O3/c1-15-6-5-13-26(14-15)21(28)16-9-11-17(12-10-16)25-20-19(24)22(29)27(23(20)30)18-7-3-2-4-8-18/h2-4,7-12,15,25H,5-6,13-14H2,1H3. The van der Waals surface area contributed by atoms with E-state index in [4.69, 9.17) is 11.6 Å². The number of carbonyl (C=O) groups is 3. The Balaban J connectivity index is 1.48. The van der Waals surface area contributed by atoms with E-state index in [-0.39, 0.29) is 16.6 Å². The van der Waals surface area contributed by atoms with Crippen LogP contribution in [0.4, 0.5) is 11.4 Å². The van der Waals surface area contributed by atoms with Crippen molar-refractivity contribution in [3.8, 4) is 0 Å². The zero-order chi connectivity index (χ0) is 21.3. The van der Waals surface area contributed by atoms with Gasteiger partial charge in [0, 0.05) is 24.3 Å². The van der Waals surface area contributed by atoms with E-state index >= 15 is 0 Å². The Labute approximate surface area is 180 Å². The van der Waals surface area contributed by atoms with Crippen LogP contribution in [-0.4, -0.2) is 35.7 Å². The molecule has 2 aromatic rings. The number of para-hydroxylation sites is 1. The maximum atomic E-state index is 12.8. The molecule has 30 heavy (non-hydrogen) atoms. The minimum Gasteiger partial charge on any atom is -0.350 e. The van der Waals surface area contributed by atoms with E-state index in [2.05, 4.69) is 12.2 Å². The van der Waals surface area contributed by atoms with Crippen molar-refractivity contribution in [3.63, 3.8) is 0 Å². The van der Waals surface area contributed by atoms with Gasteiger partial charge >= 0.3 is 0 Å². The van der Waals surface area contributed by atoms with Crippen LogP contribution in [0.25, 0.3) is 0 Å². The first-order valence-electron chi connectivity index (χ1n) is 9.95. The van der Waals surface area contributed by atoms with Gasteiger partial charge in [0.1, 0.15) is 10.7 Å². The monoisotopic (exact) mass is 423 g/mol. The van der Waals surface area contributed by atoms with Crippen LogP contribution in [0.1, 0.15) is 30.1 Å². The lowest BCUT2D eigenvalue weighted by molar-refractivity contribution is -0.120. The highest BCUT2D eigenvalue weighted by Gasteiger charge is 2.38. The molecule has 2 aliphatic heterocycles. The number of hydrogen-bond acceptors (Lipinski definition) is 4. The molecule has 2 heterocycles. The SMILES string of the molecule is CC1CCCN(C(=O)c2ccc(NC3=C(Cl)C(=O)N(c4ccccc4)C3=O)cc2)C1. The Morgan fingerprint density at radius 3 is 2.40 bits per heavy atom. The van der Waals surface area contributed by atoms with Gasteiger partial charge in [-0.3, -0.25) is 14.4 Å². The Morgan fingerprint density at radius 2 is 1.73 bits per heavy atom. The molecule has 3 amide bonds. The Hall–Kier alpha value is -3.12. The van der Waals surface area contributed by atoms with Crippen LogP contribution in [-0.2, 0) is 9.59 Å². The summed E-state index contributed by atoms with van der Waals surface area (Å²) in [6.45, 7) is 3.70. The number of rotatable bonds is 4. The number of imide groups is 1. The van der Waals surface area contributed by atoms with E-state index in [0.717, 1.165) is 30.8 Å². The van der Waals surface area contributed by atoms with E-state index in [0.29, 0.717) is 22.9 Å². The maximum absolute atomic E-state index is 12.8. The number of benzene rings is 2. The van der Waals surface area contributed by atoms with Gasteiger partial charge in [0.2, 0.25) is 0 Å². The molecule has 1 saturated heterocycles. The summed E-state index contributed by atoms with van der Waals surface area (Å²) < 4.78 is 0. The van der Waals surface area contributed by atoms with E-state index in [1.54, 1.807) is 54.6 Å². The molecule has 2 aliphatic rings. The zero-order valence-electron chi connectivity index (χ0n) is 16.6. The van der Waals surface area contributed by atoms with Crippen molar-refractivity contribution in [1.82, 2.24) is 4.90 Å². The number of halogens is 1. The summed E-state index contributed by atoms with van der Waals surface area (Å²) in [7, 11) is 0. The molecular formula is C23H22ClN3O3. The molecule has 0 spiro atoms. The first kappa shape index (κ1) is 20.2. The highest BCUT2D eigenvalue weighted by molar-refractivity contribution is 6.53. The Kier molecular flexibility index (Phi) is 5.59. The Bertz CT molecular complexity index is 1020. The second-order valence-corrected chi connectivity index (χ2v) is 8.05. The van der Waals surface area contributed by atoms with Crippen molar-refractivity contribution in [2.75, 3.05) is 23.3 Å². The van der Waals surface area contributed by atoms with Crippen LogP contribution in [0.3, 0.4) is 0 Å². The summed E-state index contributed by atoms with van der Waals surface area (Å²) in [4.78, 5) is 40.9. The van der Waals surface area contributed by atoms with Gasteiger partial charge in [-0.2, -0.15) is 0 Å². The minimum absolute atomic E-state index is 0.00715. The highest BCUT2D eigenvalue weighted by atomic mass is 35.5. The molecule has 2 aromatic carbocycles. The first-order chi connectivity index (χ1) is 14.5. The molecule has 7 heteroatoms. The second kappa shape index (κ2) is 8.32. The predicted molar refractivity (Wildman–Crippen MR) is 116 cm³/mol. The normalized spacial score (nSPS) is 19.5. The lowest BCUT2D eigenvalue weighted by Gasteiger charge is -2.31. The summed E-state index contributed by atoms with van der Waals surface area (Å²) in [5.74, 6) is -0.566. The molecule has 4 rings (SSSR count). The quantitative estimate of drug-likeness (QED) is 0.755. The van der Waals surface area contributed by atoms with Crippen molar-refractivity contribution >= 4 is 40.7 Å². The van der Waals surface area contributed by atoms with Gasteiger partial charge in [-0.1, -0.05) is 36.7 Å². The van der Waals surface area contributed by atoms with Crippen LogP contribution in [0.5, 0.6) is 0 Å². The molecule has 0 aromatic heterocycles. The first-order valence-corrected chi connectivity index (χ1v) is 10.3. The van der Waals surface area contributed by atoms with Gasteiger partial charge in [0.15, 0.2) is 0 Å². The molecule has 1 atom stereocenters. The average Bonchev–Trinajstić information content (AvgIpc) is 2.97. The molecule has 1 unspecified atom stereocenters. The van der Waals surface area contributed by atoms with E-state index < -0.39 is 11.8 Å². The number of likely N-dealkylation sites (tertiary alicyclic amines) is 1. The molecule has 6 nitrogen and oxygen atoms in total. The molecule has 0 radical (unpaired) electrons. The average molecular weight is 424 g/mol. The van der Waals surface area contributed by atoms with Crippen molar-refractivity contribution in [2.24, 2.45) is 5.92 Å². The van der Waals surface area contributed by atoms with Crippen molar-refractivity contribution < 1.29 is 14.4 Å². The lowest BCUT2D eigenvalue weighted by Crippen LogP contribution is -2.39. The molecule has 0 aliphatic carbocycles. The topological polar surface area (TPSA) is 69.7 Å². The maximum Gasteiger partial charge on any atom is 0.283 e. The van der Waals surface area contributed by atoms with Crippen LogP contribution in [0, 0.1) is 5.92 Å². The number of anilines is 2. The van der Waals surface area contributed by atoms with Crippen molar-refractivity contribution in [2.45, 2.75) is 19.8 Å². The molecule has 1 fully saturated rings. The van der Waals surface area contributed by atoms with Gasteiger partial charge in [-0.05, 0) is 55.2 Å². The van der Waals surface area contributed by atoms with Crippen LogP contribution < -0.4 is 10.2 Å². The van der Waals surface area contributed by atoms with Gasteiger partial charge in [-0.25, -0.2) is 4.90 Å². The van der Waals surface area contributed by atoms with Crippen molar-refractivity contribution in [1.29, 1.82) is 0 Å². The minimum atomic E-state index is -0.568. The van der Waals surface area contributed by atoms with Crippen LogP contribution >= 0.6 is 11.6 Å². The third-order valence-corrected chi connectivity index (χ3v) is 5.74. The van der Waals surface area contributed by atoms with E-state index in [1.807, 2.05) is 4.90 Å². The van der Waals surface area contributed by atoms with Crippen LogP contribution in [0.15, 0.2) is 65.3 Å². The largest absolute Gasteiger partial charge is 0.350 e. The smallest absolute Gasteiger partial charge is 0.283 e. The number of piperidine rings is 1. The fraction of sp³-hybridized carbons (Fsp3) is 0.261. The summed E-state index contributed by atoms with van der Waals surface area (Å²) in [6, 6.07) is 15.5. The van der Waals surface area contributed by atoms with Gasteiger partial charge in [0.25, 0.3) is 17.7 Å². The van der Waals surface area contributed by atoms with Crippen molar-refractivity contribution in [3.05, 3.63) is 70.9 Å². The molecule has 0 saturated carbocycles. The predicted octanol–water partition coefficient (Wildman–Crippen LogP) is 3.99.